The summed E-state index contributed by atoms with van der Waals surface area (Å²) in [6.45, 7) is 5.96. The van der Waals surface area contributed by atoms with Crippen LogP contribution in [0.1, 0.15) is 23.6 Å². The Balaban J connectivity index is 3.14. The molecule has 0 aliphatic carbocycles. The molecular formula is C12H13ClO. The van der Waals surface area contributed by atoms with E-state index in [0.717, 1.165) is 16.7 Å². The number of aryl methyl sites for hydroxylation is 2. The van der Waals surface area contributed by atoms with E-state index in [0.29, 0.717) is 0 Å². The lowest BCUT2D eigenvalue weighted by atomic mass is 10.00. The van der Waals surface area contributed by atoms with Gasteiger partial charge in [0.05, 0.1) is 0 Å². The molecule has 0 bridgehead atoms. The molecule has 0 heterocycles. The lowest BCUT2D eigenvalue weighted by molar-refractivity contribution is -0.107. The van der Waals surface area contributed by atoms with Crippen LogP contribution in [0.15, 0.2) is 24.3 Å². The van der Waals surface area contributed by atoms with Gasteiger partial charge in [0.2, 0.25) is 5.24 Å². The predicted octanol–water partition coefficient (Wildman–Crippen LogP) is 3.47. The lowest BCUT2D eigenvalue weighted by Gasteiger charge is -2.06. The zero-order chi connectivity index (χ0) is 10.7. The van der Waals surface area contributed by atoms with Gasteiger partial charge in [-0.05, 0) is 49.1 Å². The van der Waals surface area contributed by atoms with E-state index in [1.807, 2.05) is 32.9 Å². The Morgan fingerprint density at radius 1 is 1.36 bits per heavy atom. The molecule has 0 amide bonds. The summed E-state index contributed by atoms with van der Waals surface area (Å²) >= 11 is 5.29. The van der Waals surface area contributed by atoms with Gasteiger partial charge in [-0.25, -0.2) is 0 Å². The molecule has 0 radical (unpaired) electrons. The maximum atomic E-state index is 10.7. The van der Waals surface area contributed by atoms with Gasteiger partial charge in [0.25, 0.3) is 0 Å². The second-order valence-corrected chi connectivity index (χ2v) is 3.82. The summed E-state index contributed by atoms with van der Waals surface area (Å²) in [5, 5.41) is -0.428. The Hall–Kier alpha value is -1.08. The maximum Gasteiger partial charge on any atom is 0.245 e. The smallest absolute Gasteiger partial charge is 0.245 e. The summed E-state index contributed by atoms with van der Waals surface area (Å²) in [6.07, 6.45) is 1.44. The quantitative estimate of drug-likeness (QED) is 0.537. The molecule has 2 heteroatoms. The first-order valence-corrected chi connectivity index (χ1v) is 4.84. The molecule has 0 saturated carbocycles. The molecule has 0 fully saturated rings. The average Bonchev–Trinajstić information content (AvgIpc) is 2.01. The summed E-state index contributed by atoms with van der Waals surface area (Å²) < 4.78 is 0. The number of halogens is 1. The van der Waals surface area contributed by atoms with E-state index in [-0.39, 0.29) is 0 Å². The number of carbonyl (C=O) groups excluding carboxylic acids is 1. The van der Waals surface area contributed by atoms with E-state index in [2.05, 4.69) is 6.07 Å². The third-order valence-corrected chi connectivity index (χ3v) is 2.25. The van der Waals surface area contributed by atoms with Crippen LogP contribution >= 0.6 is 11.6 Å². The van der Waals surface area contributed by atoms with Gasteiger partial charge in [-0.3, -0.25) is 4.79 Å². The van der Waals surface area contributed by atoms with Crippen molar-refractivity contribution in [1.29, 1.82) is 0 Å². The zero-order valence-corrected chi connectivity index (χ0v) is 9.35. The highest BCUT2D eigenvalue weighted by Crippen LogP contribution is 2.19. The van der Waals surface area contributed by atoms with Crippen LogP contribution in [0.3, 0.4) is 0 Å². The molecule has 0 atom stereocenters. The second kappa shape index (κ2) is 4.43. The SMILES string of the molecule is CC(=CC(=O)Cl)c1ccc(C)cc1C. The highest BCUT2D eigenvalue weighted by molar-refractivity contribution is 6.67. The minimum Gasteiger partial charge on any atom is -0.276 e. The monoisotopic (exact) mass is 208 g/mol. The molecule has 1 aromatic carbocycles. The van der Waals surface area contributed by atoms with Crippen LogP contribution in [0.2, 0.25) is 0 Å². The molecule has 74 valence electrons. The van der Waals surface area contributed by atoms with E-state index in [9.17, 15) is 4.79 Å². The van der Waals surface area contributed by atoms with Gasteiger partial charge in [-0.2, -0.15) is 0 Å². The van der Waals surface area contributed by atoms with Gasteiger partial charge in [0, 0.05) is 6.08 Å². The van der Waals surface area contributed by atoms with Gasteiger partial charge >= 0.3 is 0 Å². The molecule has 0 N–H and O–H groups in total. The molecule has 1 nitrogen and oxygen atoms in total. The summed E-state index contributed by atoms with van der Waals surface area (Å²) in [5.41, 5.74) is 4.36. The number of allylic oxidation sites excluding steroid dienone is 2. The van der Waals surface area contributed by atoms with Crippen molar-refractivity contribution in [1.82, 2.24) is 0 Å². The molecule has 1 rings (SSSR count). The molecule has 0 aliphatic heterocycles. The number of rotatable bonds is 2. The third-order valence-electron chi connectivity index (χ3n) is 2.14. The standard InChI is InChI=1S/C12H13ClO/c1-8-4-5-11(9(2)6-8)10(3)7-12(13)14/h4-7H,1-3H3. The van der Waals surface area contributed by atoms with Crippen molar-refractivity contribution in [2.45, 2.75) is 20.8 Å². The van der Waals surface area contributed by atoms with Crippen molar-refractivity contribution in [2.75, 3.05) is 0 Å². The molecule has 0 aromatic heterocycles. The van der Waals surface area contributed by atoms with Crippen LogP contribution in [0.25, 0.3) is 5.57 Å². The topological polar surface area (TPSA) is 17.1 Å². The lowest BCUT2D eigenvalue weighted by Crippen LogP contribution is -1.89. The van der Waals surface area contributed by atoms with Gasteiger partial charge < -0.3 is 0 Å². The Bertz CT molecular complexity index is 391. The van der Waals surface area contributed by atoms with Crippen LogP contribution in [0.4, 0.5) is 0 Å². The Kier molecular flexibility index (Phi) is 3.48. The number of hydrogen-bond acceptors (Lipinski definition) is 1. The highest BCUT2D eigenvalue weighted by atomic mass is 35.5. The van der Waals surface area contributed by atoms with Crippen LogP contribution < -0.4 is 0 Å². The minimum absolute atomic E-state index is 0.428. The fourth-order valence-corrected chi connectivity index (χ4v) is 1.67. The van der Waals surface area contributed by atoms with Crippen LogP contribution in [-0.2, 0) is 4.79 Å². The van der Waals surface area contributed by atoms with Gasteiger partial charge in [0.1, 0.15) is 0 Å². The Morgan fingerprint density at radius 2 is 2.00 bits per heavy atom. The molecule has 0 saturated heterocycles. The fraction of sp³-hybridized carbons (Fsp3) is 0.250. The Morgan fingerprint density at radius 3 is 2.50 bits per heavy atom. The van der Waals surface area contributed by atoms with Gasteiger partial charge in [-0.15, -0.1) is 0 Å². The average molecular weight is 209 g/mol. The van der Waals surface area contributed by atoms with Crippen molar-refractivity contribution >= 4 is 22.4 Å². The largest absolute Gasteiger partial charge is 0.276 e. The van der Waals surface area contributed by atoms with E-state index < -0.39 is 5.24 Å². The van der Waals surface area contributed by atoms with E-state index in [1.54, 1.807) is 0 Å². The molecular weight excluding hydrogens is 196 g/mol. The van der Waals surface area contributed by atoms with E-state index in [4.69, 9.17) is 11.6 Å². The highest BCUT2D eigenvalue weighted by Gasteiger charge is 2.01. The molecule has 0 spiro atoms. The number of benzene rings is 1. The van der Waals surface area contributed by atoms with E-state index in [1.165, 1.54) is 11.6 Å². The fourth-order valence-electron chi connectivity index (χ4n) is 1.50. The molecule has 0 unspecified atom stereocenters. The minimum atomic E-state index is -0.428. The van der Waals surface area contributed by atoms with Crippen molar-refractivity contribution < 1.29 is 4.79 Å². The normalized spacial score (nSPS) is 11.6. The predicted molar refractivity (Wildman–Crippen MR) is 60.4 cm³/mol. The Labute approximate surface area is 89.4 Å². The van der Waals surface area contributed by atoms with Crippen LogP contribution in [-0.4, -0.2) is 5.24 Å². The first-order chi connectivity index (χ1) is 6.50. The maximum absolute atomic E-state index is 10.7. The van der Waals surface area contributed by atoms with Crippen molar-refractivity contribution in [2.24, 2.45) is 0 Å². The number of hydrogen-bond donors (Lipinski definition) is 0. The summed E-state index contributed by atoms with van der Waals surface area (Å²) in [7, 11) is 0. The van der Waals surface area contributed by atoms with E-state index >= 15 is 0 Å². The summed E-state index contributed by atoms with van der Waals surface area (Å²) in [5.74, 6) is 0. The summed E-state index contributed by atoms with van der Waals surface area (Å²) in [6, 6.07) is 6.13. The molecule has 0 aliphatic rings. The summed E-state index contributed by atoms with van der Waals surface area (Å²) in [4.78, 5) is 10.7. The van der Waals surface area contributed by atoms with Crippen molar-refractivity contribution in [3.8, 4) is 0 Å². The molecule has 1 aromatic rings. The van der Waals surface area contributed by atoms with Crippen LogP contribution in [0.5, 0.6) is 0 Å². The first-order valence-electron chi connectivity index (χ1n) is 4.46. The van der Waals surface area contributed by atoms with Crippen molar-refractivity contribution in [3.05, 3.63) is 41.0 Å². The van der Waals surface area contributed by atoms with Gasteiger partial charge in [0.15, 0.2) is 0 Å². The third kappa shape index (κ3) is 2.71. The molecule has 14 heavy (non-hydrogen) atoms. The first kappa shape index (κ1) is 11.0. The van der Waals surface area contributed by atoms with Gasteiger partial charge in [-0.1, -0.05) is 23.8 Å². The van der Waals surface area contributed by atoms with Crippen molar-refractivity contribution in [3.63, 3.8) is 0 Å². The zero-order valence-electron chi connectivity index (χ0n) is 8.60. The second-order valence-electron chi connectivity index (χ2n) is 3.45. The number of carbonyl (C=O) groups is 1. The van der Waals surface area contributed by atoms with Crippen LogP contribution in [0, 0.1) is 13.8 Å².